The minimum atomic E-state index is -0.419. The molecule has 0 N–H and O–H groups in total. The third kappa shape index (κ3) is 11.9. The second-order valence-corrected chi connectivity index (χ2v) is 19.8. The van der Waals surface area contributed by atoms with Crippen LogP contribution < -0.4 is 4.74 Å². The van der Waals surface area contributed by atoms with Crippen LogP contribution in [0.4, 0.5) is 8.78 Å². The summed E-state index contributed by atoms with van der Waals surface area (Å²) in [5, 5.41) is 2.42. The van der Waals surface area contributed by atoms with Gasteiger partial charge in [-0.1, -0.05) is 120 Å². The summed E-state index contributed by atoms with van der Waals surface area (Å²) in [6.45, 7) is 13.5. The van der Waals surface area contributed by atoms with Gasteiger partial charge in [-0.15, -0.1) is 0 Å². The van der Waals surface area contributed by atoms with Crippen LogP contribution in [0, 0.1) is 29.4 Å². The van der Waals surface area contributed by atoms with E-state index < -0.39 is 11.6 Å². The molecule has 0 radical (unpaired) electrons. The van der Waals surface area contributed by atoms with Crippen molar-refractivity contribution in [3.05, 3.63) is 225 Å². The molecule has 0 aliphatic heterocycles. The van der Waals surface area contributed by atoms with E-state index in [2.05, 4.69) is 65.8 Å². The number of ether oxygens (including phenoxy) is 1. The highest BCUT2D eigenvalue weighted by atomic mass is 19.1. The highest BCUT2D eigenvalue weighted by molar-refractivity contribution is 6.14. The van der Waals surface area contributed by atoms with Crippen molar-refractivity contribution in [1.82, 2.24) is 0 Å². The molecule has 8 aromatic rings. The van der Waals surface area contributed by atoms with E-state index in [0.29, 0.717) is 68.9 Å². The van der Waals surface area contributed by atoms with Crippen LogP contribution in [0.3, 0.4) is 0 Å². The van der Waals surface area contributed by atoms with Crippen LogP contribution in [0.15, 0.2) is 164 Å². The number of hydrogen-bond donors (Lipinski definition) is 0. The quantitative estimate of drug-likeness (QED) is 0.0758. The average Bonchev–Trinajstić information content (AvgIpc) is 3.36. The molecule has 0 amide bonds. The van der Waals surface area contributed by atoms with Gasteiger partial charge in [0.25, 0.3) is 0 Å². The SMILES string of the molecule is CC(C)CCc1cc(CCC(C)C)c2cc(Oc3ccc(C(=O)c4cc(-c5ccc(C(=O)c6ccc(F)cc6)cc5)ccc4-c4ccc(C(=O)c5ccc(F)cc5)cc4)cc3CCC(C)C)ccc2c1. The Bertz CT molecular complexity index is 3150. The first-order valence-electron chi connectivity index (χ1n) is 24.6. The van der Waals surface area contributed by atoms with Crippen molar-refractivity contribution in [3.8, 4) is 33.8 Å². The molecule has 8 rings (SSSR count). The molecule has 0 saturated heterocycles. The van der Waals surface area contributed by atoms with Gasteiger partial charge >= 0.3 is 0 Å². The maximum absolute atomic E-state index is 15.1. The Hall–Kier alpha value is -7.31. The van der Waals surface area contributed by atoms with Crippen molar-refractivity contribution in [2.24, 2.45) is 17.8 Å². The molecule has 0 aliphatic rings. The second kappa shape index (κ2) is 22.0. The number of aryl methyl sites for hydroxylation is 3. The molecule has 0 unspecified atom stereocenters. The van der Waals surface area contributed by atoms with Gasteiger partial charge in [-0.3, -0.25) is 14.4 Å². The third-order valence-corrected chi connectivity index (χ3v) is 13.0. The average molecular weight is 931 g/mol. The summed E-state index contributed by atoms with van der Waals surface area (Å²) in [5.74, 6) is 1.62. The molecule has 70 heavy (non-hydrogen) atoms. The number of ketones is 3. The number of halogens is 2. The summed E-state index contributed by atoms with van der Waals surface area (Å²) >= 11 is 0. The van der Waals surface area contributed by atoms with Crippen molar-refractivity contribution in [3.63, 3.8) is 0 Å². The summed E-state index contributed by atoms with van der Waals surface area (Å²) in [7, 11) is 0. The normalized spacial score (nSPS) is 11.5. The Kier molecular flexibility index (Phi) is 15.4. The molecule has 0 atom stereocenters. The molecule has 4 nitrogen and oxygen atoms in total. The highest BCUT2D eigenvalue weighted by Crippen LogP contribution is 2.36. The first-order chi connectivity index (χ1) is 33.7. The molecule has 0 heterocycles. The molecule has 0 spiro atoms. The van der Waals surface area contributed by atoms with E-state index in [4.69, 9.17) is 4.74 Å². The molecule has 0 saturated carbocycles. The highest BCUT2D eigenvalue weighted by Gasteiger charge is 2.21. The molecular weight excluding hydrogens is 871 g/mol. The number of carbonyl (C=O) groups excluding carboxylic acids is 3. The second-order valence-electron chi connectivity index (χ2n) is 19.8. The summed E-state index contributed by atoms with van der Waals surface area (Å²) in [4.78, 5) is 41.7. The van der Waals surface area contributed by atoms with E-state index in [1.807, 2.05) is 66.7 Å². The van der Waals surface area contributed by atoms with Crippen molar-refractivity contribution >= 4 is 28.1 Å². The van der Waals surface area contributed by atoms with Gasteiger partial charge in [0.2, 0.25) is 0 Å². The zero-order valence-corrected chi connectivity index (χ0v) is 41.0. The van der Waals surface area contributed by atoms with Gasteiger partial charge in [-0.05, 0) is 191 Å². The molecular formula is C64H60F2O4. The molecule has 0 aliphatic carbocycles. The van der Waals surface area contributed by atoms with Crippen molar-refractivity contribution in [1.29, 1.82) is 0 Å². The minimum Gasteiger partial charge on any atom is -0.457 e. The summed E-state index contributed by atoms with van der Waals surface area (Å²) < 4.78 is 34.0. The molecule has 0 aromatic heterocycles. The first kappa shape index (κ1) is 49.1. The fraction of sp³-hybridized carbons (Fsp3) is 0.234. The zero-order chi connectivity index (χ0) is 49.5. The van der Waals surface area contributed by atoms with Crippen molar-refractivity contribution in [2.75, 3.05) is 0 Å². The minimum absolute atomic E-state index is 0.183. The first-order valence-corrected chi connectivity index (χ1v) is 24.6. The van der Waals surface area contributed by atoms with Crippen LogP contribution in [0.5, 0.6) is 11.5 Å². The lowest BCUT2D eigenvalue weighted by molar-refractivity contribution is 0.103. The van der Waals surface area contributed by atoms with Gasteiger partial charge in [0, 0.05) is 33.4 Å². The lowest BCUT2D eigenvalue weighted by Crippen LogP contribution is -2.07. The Morgan fingerprint density at radius 1 is 0.429 bits per heavy atom. The maximum atomic E-state index is 15.1. The number of rotatable bonds is 19. The van der Waals surface area contributed by atoms with E-state index >= 15 is 4.79 Å². The molecule has 8 aromatic carbocycles. The van der Waals surface area contributed by atoms with Crippen LogP contribution in [-0.4, -0.2) is 17.3 Å². The van der Waals surface area contributed by atoms with E-state index in [0.717, 1.165) is 60.1 Å². The van der Waals surface area contributed by atoms with Crippen LogP contribution in [0.1, 0.15) is 125 Å². The Labute approximate surface area is 411 Å². The van der Waals surface area contributed by atoms with Gasteiger partial charge < -0.3 is 4.74 Å². The maximum Gasteiger partial charge on any atom is 0.193 e. The number of hydrogen-bond acceptors (Lipinski definition) is 4. The lowest BCUT2D eigenvalue weighted by Gasteiger charge is -2.17. The van der Waals surface area contributed by atoms with E-state index in [1.54, 1.807) is 24.3 Å². The van der Waals surface area contributed by atoms with Crippen molar-refractivity contribution < 1.29 is 27.9 Å². The van der Waals surface area contributed by atoms with Gasteiger partial charge in [-0.2, -0.15) is 0 Å². The van der Waals surface area contributed by atoms with Crippen LogP contribution in [0.2, 0.25) is 0 Å². The largest absolute Gasteiger partial charge is 0.457 e. The van der Waals surface area contributed by atoms with E-state index in [9.17, 15) is 18.4 Å². The topological polar surface area (TPSA) is 60.4 Å². The summed E-state index contributed by atoms with van der Waals surface area (Å²) in [6.07, 6.45) is 5.90. The summed E-state index contributed by atoms with van der Waals surface area (Å²) in [6, 6.07) is 47.8. The Morgan fingerprint density at radius 3 is 1.47 bits per heavy atom. The fourth-order valence-electron chi connectivity index (χ4n) is 8.85. The van der Waals surface area contributed by atoms with Gasteiger partial charge in [0.1, 0.15) is 23.1 Å². The molecule has 354 valence electrons. The molecule has 0 fully saturated rings. The number of benzene rings is 8. The predicted octanol–water partition coefficient (Wildman–Crippen LogP) is 16.7. The number of fused-ring (bicyclic) bond motifs is 1. The standard InChI is InChI=1S/C64H60F2O4/c1-40(2)7-10-43-35-51(11-8-41(3)4)59-39-57(32-25-52(59)36-43)70-61-34-27-54(37-53(61)12-9-42(5)6)64(69)60-38-50(44-13-17-46(18-14-44)62(67)48-21-28-55(65)29-22-48)26-33-58(60)45-15-19-47(20-16-45)63(68)49-23-30-56(66)31-24-49/h13-42H,7-12H2,1-6H3. The van der Waals surface area contributed by atoms with Crippen molar-refractivity contribution in [2.45, 2.75) is 80.1 Å². The lowest BCUT2D eigenvalue weighted by atomic mass is 9.89. The third-order valence-electron chi connectivity index (χ3n) is 13.0. The monoisotopic (exact) mass is 930 g/mol. The number of carbonyl (C=O) groups is 3. The summed E-state index contributed by atoms with van der Waals surface area (Å²) in [5.41, 5.74) is 9.26. The van der Waals surface area contributed by atoms with Gasteiger partial charge in [0.15, 0.2) is 17.3 Å². The van der Waals surface area contributed by atoms with Crippen LogP contribution >= 0.6 is 0 Å². The van der Waals surface area contributed by atoms with Crippen LogP contribution in [0.25, 0.3) is 33.0 Å². The smallest absolute Gasteiger partial charge is 0.193 e. The zero-order valence-electron chi connectivity index (χ0n) is 41.0. The Morgan fingerprint density at radius 2 is 0.914 bits per heavy atom. The predicted molar refractivity (Wildman–Crippen MR) is 280 cm³/mol. The Balaban J connectivity index is 1.15. The molecule has 6 heteroatoms. The van der Waals surface area contributed by atoms with E-state index in [-0.39, 0.29) is 17.3 Å². The van der Waals surface area contributed by atoms with Crippen LogP contribution in [-0.2, 0) is 19.3 Å². The fourth-order valence-corrected chi connectivity index (χ4v) is 8.85. The van der Waals surface area contributed by atoms with Gasteiger partial charge in [-0.25, -0.2) is 8.78 Å². The van der Waals surface area contributed by atoms with E-state index in [1.165, 1.54) is 70.4 Å². The van der Waals surface area contributed by atoms with Gasteiger partial charge in [0.05, 0.1) is 0 Å². The molecule has 0 bridgehead atoms.